The number of carbonyl (C=O) groups is 1. The maximum absolute atomic E-state index is 14.2. The molecule has 3 rings (SSSR count). The van der Waals surface area contributed by atoms with Crippen LogP contribution in [-0.2, 0) is 6.54 Å². The van der Waals surface area contributed by atoms with Crippen LogP contribution in [0.1, 0.15) is 42.1 Å². The van der Waals surface area contributed by atoms with Gasteiger partial charge in [-0.1, -0.05) is 67.7 Å². The summed E-state index contributed by atoms with van der Waals surface area (Å²) in [6.45, 7) is 7.47. The summed E-state index contributed by atoms with van der Waals surface area (Å²) < 4.78 is 14.2. The Morgan fingerprint density at radius 1 is 1.12 bits per heavy atom. The van der Waals surface area contributed by atoms with Crippen LogP contribution in [0.3, 0.4) is 0 Å². The topological polar surface area (TPSA) is 69.6 Å². The Morgan fingerprint density at radius 3 is 2.52 bits per heavy atom. The van der Waals surface area contributed by atoms with Crippen LogP contribution in [0.5, 0.6) is 0 Å². The summed E-state index contributed by atoms with van der Waals surface area (Å²) in [4.78, 5) is 16.7. The maximum atomic E-state index is 14.2. The first-order valence-electron chi connectivity index (χ1n) is 10.9. The van der Waals surface area contributed by atoms with Gasteiger partial charge >= 0.3 is 0 Å². The minimum absolute atomic E-state index is 0.0311. The van der Waals surface area contributed by atoms with Crippen molar-refractivity contribution in [3.63, 3.8) is 0 Å². The van der Waals surface area contributed by atoms with Crippen LogP contribution in [-0.4, -0.2) is 46.2 Å². The van der Waals surface area contributed by atoms with E-state index < -0.39 is 11.7 Å². The molecule has 8 heteroatoms. The molecule has 0 aliphatic rings. The van der Waals surface area contributed by atoms with Crippen molar-refractivity contribution in [3.8, 4) is 10.6 Å². The molecular weight excluding hydrogens is 439 g/mol. The molecule has 0 unspecified atom stereocenters. The van der Waals surface area contributed by atoms with E-state index in [0.717, 1.165) is 37.1 Å². The molecule has 0 saturated heterocycles. The second kappa shape index (κ2) is 11.7. The number of halogens is 1. The molecule has 6 nitrogen and oxygen atoms in total. The highest BCUT2D eigenvalue weighted by Crippen LogP contribution is 2.30. The molecule has 0 aliphatic carbocycles. The monoisotopic (exact) mass is 468 g/mol. The van der Waals surface area contributed by atoms with Gasteiger partial charge in [-0.3, -0.25) is 9.69 Å². The van der Waals surface area contributed by atoms with E-state index >= 15 is 0 Å². The van der Waals surface area contributed by atoms with Crippen molar-refractivity contribution in [2.24, 2.45) is 0 Å². The predicted molar refractivity (Wildman–Crippen MR) is 131 cm³/mol. The number of rotatable bonds is 11. The van der Waals surface area contributed by atoms with Crippen LogP contribution in [0.2, 0.25) is 0 Å². The van der Waals surface area contributed by atoms with Crippen molar-refractivity contribution in [3.05, 3.63) is 77.8 Å². The molecule has 1 aromatic heterocycles. The summed E-state index contributed by atoms with van der Waals surface area (Å²) >= 11 is 1.32. The van der Waals surface area contributed by atoms with E-state index in [9.17, 15) is 14.3 Å². The summed E-state index contributed by atoms with van der Waals surface area (Å²) in [7, 11) is 1.99. The number of benzene rings is 2. The Hall–Kier alpha value is -3.10. The molecule has 2 aromatic carbocycles. The van der Waals surface area contributed by atoms with Crippen LogP contribution >= 0.6 is 11.3 Å². The lowest BCUT2D eigenvalue weighted by Crippen LogP contribution is -2.32. The summed E-state index contributed by atoms with van der Waals surface area (Å²) in [5.74, 6) is -0.767. The van der Waals surface area contributed by atoms with E-state index in [0.29, 0.717) is 23.1 Å². The largest absolute Gasteiger partial charge is 0.513 e. The van der Waals surface area contributed by atoms with Crippen LogP contribution in [0.4, 0.5) is 9.52 Å². The summed E-state index contributed by atoms with van der Waals surface area (Å²) in [5.41, 5.74) is 2.07. The molecule has 0 aliphatic heterocycles. The molecule has 1 heterocycles. The fraction of sp³-hybridized carbons (Fsp3) is 0.320. The smallest absolute Gasteiger partial charge is 0.263 e. The minimum atomic E-state index is -0.544. The zero-order chi connectivity index (χ0) is 23.8. The average molecular weight is 469 g/mol. The van der Waals surface area contributed by atoms with E-state index in [1.165, 1.54) is 28.4 Å². The zero-order valence-electron chi connectivity index (χ0n) is 19.0. The van der Waals surface area contributed by atoms with Crippen LogP contribution in [0.25, 0.3) is 10.6 Å². The summed E-state index contributed by atoms with van der Waals surface area (Å²) in [5, 5.41) is 18.9. The zero-order valence-corrected chi connectivity index (χ0v) is 19.8. The number of aromatic nitrogens is 2. The van der Waals surface area contributed by atoms with Gasteiger partial charge in [0.25, 0.3) is 5.91 Å². The van der Waals surface area contributed by atoms with Gasteiger partial charge in [-0.15, -0.1) is 10.2 Å². The minimum Gasteiger partial charge on any atom is -0.513 e. The molecule has 0 spiro atoms. The molecule has 1 N–H and O–H groups in total. The van der Waals surface area contributed by atoms with Crippen LogP contribution in [0, 0.1) is 5.82 Å². The highest BCUT2D eigenvalue weighted by Gasteiger charge is 2.23. The van der Waals surface area contributed by atoms with Gasteiger partial charge in [-0.2, -0.15) is 0 Å². The predicted octanol–water partition coefficient (Wildman–Crippen LogP) is 5.68. The van der Waals surface area contributed by atoms with Crippen molar-refractivity contribution in [2.45, 2.75) is 32.7 Å². The van der Waals surface area contributed by atoms with Crippen molar-refractivity contribution in [1.29, 1.82) is 0 Å². The van der Waals surface area contributed by atoms with E-state index in [4.69, 9.17) is 0 Å². The molecule has 33 heavy (non-hydrogen) atoms. The number of hydrogen-bond acceptors (Lipinski definition) is 6. The Bertz CT molecular complexity index is 1080. The number of nitrogens with zero attached hydrogens (tertiary/aromatic N) is 4. The molecule has 1 amide bonds. The molecule has 0 fully saturated rings. The fourth-order valence-corrected chi connectivity index (χ4v) is 4.16. The third-order valence-electron chi connectivity index (χ3n) is 5.17. The second-order valence-electron chi connectivity index (χ2n) is 7.93. The Morgan fingerprint density at radius 2 is 1.85 bits per heavy atom. The van der Waals surface area contributed by atoms with Gasteiger partial charge in [0.1, 0.15) is 10.8 Å². The summed E-state index contributed by atoms with van der Waals surface area (Å²) in [6.07, 6.45) is 2.22. The number of aliphatic hydroxyl groups is 1. The van der Waals surface area contributed by atoms with E-state index in [1.807, 2.05) is 38.2 Å². The number of amides is 1. The van der Waals surface area contributed by atoms with Gasteiger partial charge in [0, 0.05) is 31.6 Å². The lowest BCUT2D eigenvalue weighted by Gasteiger charge is -2.19. The van der Waals surface area contributed by atoms with Crippen LogP contribution in [0.15, 0.2) is 60.9 Å². The Labute approximate surface area is 198 Å². The number of aliphatic hydroxyl groups excluding tert-OH is 1. The Balaban J connectivity index is 1.75. The van der Waals surface area contributed by atoms with Gasteiger partial charge < -0.3 is 10.0 Å². The van der Waals surface area contributed by atoms with Crippen molar-refractivity contribution >= 4 is 22.4 Å². The van der Waals surface area contributed by atoms with Gasteiger partial charge in [0.2, 0.25) is 5.13 Å². The fourth-order valence-electron chi connectivity index (χ4n) is 3.28. The molecular formula is C25H29FN4O2S. The highest BCUT2D eigenvalue weighted by molar-refractivity contribution is 7.18. The first kappa shape index (κ1) is 24.5. The lowest BCUT2D eigenvalue weighted by molar-refractivity contribution is 0.0982. The van der Waals surface area contributed by atoms with Crippen LogP contribution < -0.4 is 4.90 Å². The van der Waals surface area contributed by atoms with Crippen molar-refractivity contribution < 1.29 is 14.3 Å². The first-order chi connectivity index (χ1) is 15.9. The van der Waals surface area contributed by atoms with Crippen molar-refractivity contribution in [1.82, 2.24) is 15.1 Å². The average Bonchev–Trinajstić information content (AvgIpc) is 3.28. The number of unbranched alkanes of at least 4 members (excludes halogenated alkanes) is 1. The number of anilines is 1. The number of carbonyl (C=O) groups excluding carboxylic acids is 1. The van der Waals surface area contributed by atoms with Gasteiger partial charge in [0.15, 0.2) is 0 Å². The van der Waals surface area contributed by atoms with E-state index in [2.05, 4.69) is 21.7 Å². The molecule has 0 atom stereocenters. The van der Waals surface area contributed by atoms with Gasteiger partial charge in [-0.25, -0.2) is 4.39 Å². The molecule has 0 radical (unpaired) electrons. The highest BCUT2D eigenvalue weighted by atomic mass is 32.1. The molecule has 0 saturated carbocycles. The second-order valence-corrected chi connectivity index (χ2v) is 8.89. The van der Waals surface area contributed by atoms with Gasteiger partial charge in [0.05, 0.1) is 11.3 Å². The normalized spacial score (nSPS) is 11.0. The first-order valence-corrected chi connectivity index (χ1v) is 11.7. The third-order valence-corrected chi connectivity index (χ3v) is 6.16. The molecule has 174 valence electrons. The lowest BCUT2D eigenvalue weighted by atomic mass is 10.1. The van der Waals surface area contributed by atoms with E-state index in [1.54, 1.807) is 12.1 Å². The number of hydrogen-bond donors (Lipinski definition) is 1. The third kappa shape index (κ3) is 6.69. The SMILES string of the molecule is C=C(O)CCN(C)Cc1ccc(-c2nnc(N(CCCC)C(=O)c3ccccc3F)s2)cc1. The van der Waals surface area contributed by atoms with E-state index in [-0.39, 0.29) is 11.3 Å². The quantitative estimate of drug-likeness (QED) is 0.367. The van der Waals surface area contributed by atoms with Crippen molar-refractivity contribution in [2.75, 3.05) is 25.0 Å². The summed E-state index contributed by atoms with van der Waals surface area (Å²) in [6, 6.07) is 14.0. The Kier molecular flexibility index (Phi) is 8.68. The molecule has 0 bridgehead atoms. The van der Waals surface area contributed by atoms with Gasteiger partial charge in [-0.05, 0) is 31.2 Å². The molecule has 3 aromatic rings. The standard InChI is InChI=1S/C25H29FN4O2S/c1-4-5-15-30(24(32)21-8-6-7-9-22(21)26)25-28-27-23(33-25)20-12-10-19(11-13-20)17-29(3)16-14-18(2)31/h6-13,31H,2,4-5,14-17H2,1,3H3. The maximum Gasteiger partial charge on any atom is 0.263 e.